The molecule has 0 radical (unpaired) electrons. The van der Waals surface area contributed by atoms with Crippen LogP contribution in [-0.2, 0) is 10.2 Å². The number of hydrogen-bond acceptors (Lipinski definition) is 6. The standard InChI is InChI=1S/C15H21N5O3/c1-9-16-19-13(23-9)11-8-22-6-5-20(11)14(21)10-7-12(18-17-10)15(2,3)4/h7,11H,5-6,8H2,1-4H3,(H,17,18)/t11-/m1/s1. The summed E-state index contributed by atoms with van der Waals surface area (Å²) in [5.74, 6) is 0.691. The van der Waals surface area contributed by atoms with Crippen molar-refractivity contribution in [2.75, 3.05) is 19.8 Å². The first-order chi connectivity index (χ1) is 10.9. The van der Waals surface area contributed by atoms with Gasteiger partial charge in [-0.05, 0) is 6.07 Å². The summed E-state index contributed by atoms with van der Waals surface area (Å²) < 4.78 is 10.9. The van der Waals surface area contributed by atoms with Crippen LogP contribution in [-0.4, -0.2) is 51.0 Å². The molecular formula is C15H21N5O3. The van der Waals surface area contributed by atoms with Gasteiger partial charge in [-0.25, -0.2) is 0 Å². The Bertz CT molecular complexity index is 700. The lowest BCUT2D eigenvalue weighted by molar-refractivity contribution is -0.0109. The Morgan fingerprint density at radius 3 is 2.78 bits per heavy atom. The molecule has 8 heteroatoms. The number of carbonyl (C=O) groups is 1. The van der Waals surface area contributed by atoms with E-state index >= 15 is 0 Å². The molecule has 1 amide bonds. The number of amides is 1. The summed E-state index contributed by atoms with van der Waals surface area (Å²) in [7, 11) is 0. The van der Waals surface area contributed by atoms with Crippen LogP contribution in [0.5, 0.6) is 0 Å². The van der Waals surface area contributed by atoms with Crippen molar-refractivity contribution in [3.8, 4) is 0 Å². The summed E-state index contributed by atoms with van der Waals surface area (Å²) in [6, 6.07) is 1.42. The normalized spacial score (nSPS) is 19.1. The largest absolute Gasteiger partial charge is 0.423 e. The van der Waals surface area contributed by atoms with Crippen molar-refractivity contribution in [1.29, 1.82) is 0 Å². The highest BCUT2D eigenvalue weighted by molar-refractivity contribution is 5.92. The third-order valence-corrected chi connectivity index (χ3v) is 3.82. The minimum atomic E-state index is -0.382. The predicted octanol–water partition coefficient (Wildman–Crippen LogP) is 1.61. The molecule has 0 aromatic carbocycles. The van der Waals surface area contributed by atoms with Crippen molar-refractivity contribution >= 4 is 5.91 Å². The van der Waals surface area contributed by atoms with Crippen molar-refractivity contribution in [3.05, 3.63) is 29.2 Å². The molecule has 1 N–H and O–H groups in total. The van der Waals surface area contributed by atoms with Gasteiger partial charge in [0.15, 0.2) is 0 Å². The van der Waals surface area contributed by atoms with E-state index in [0.29, 0.717) is 37.2 Å². The molecule has 8 nitrogen and oxygen atoms in total. The smallest absolute Gasteiger partial charge is 0.275 e. The van der Waals surface area contributed by atoms with Gasteiger partial charge in [0.1, 0.15) is 11.7 Å². The molecule has 3 rings (SSSR count). The van der Waals surface area contributed by atoms with Gasteiger partial charge in [0.2, 0.25) is 11.8 Å². The van der Waals surface area contributed by atoms with Crippen molar-refractivity contribution in [2.24, 2.45) is 0 Å². The molecule has 1 saturated heterocycles. The molecule has 2 aromatic rings. The molecule has 3 heterocycles. The van der Waals surface area contributed by atoms with E-state index in [0.717, 1.165) is 5.69 Å². The molecule has 0 unspecified atom stereocenters. The van der Waals surface area contributed by atoms with Crippen molar-refractivity contribution < 1.29 is 13.9 Å². The highest BCUT2D eigenvalue weighted by Gasteiger charge is 2.34. The summed E-state index contributed by atoms with van der Waals surface area (Å²) >= 11 is 0. The quantitative estimate of drug-likeness (QED) is 0.903. The van der Waals surface area contributed by atoms with Crippen molar-refractivity contribution in [1.82, 2.24) is 25.3 Å². The Kier molecular flexibility index (Phi) is 3.93. The highest BCUT2D eigenvalue weighted by atomic mass is 16.5. The number of aromatic amines is 1. The van der Waals surface area contributed by atoms with Crippen molar-refractivity contribution in [2.45, 2.75) is 39.2 Å². The van der Waals surface area contributed by atoms with Crippen LogP contribution in [0.3, 0.4) is 0 Å². The molecule has 0 aliphatic carbocycles. The third kappa shape index (κ3) is 3.12. The maximum Gasteiger partial charge on any atom is 0.275 e. The monoisotopic (exact) mass is 319 g/mol. The second kappa shape index (κ2) is 5.77. The first-order valence-corrected chi connectivity index (χ1v) is 7.61. The second-order valence-electron chi connectivity index (χ2n) is 6.67. The van der Waals surface area contributed by atoms with Crippen LogP contribution in [0.25, 0.3) is 0 Å². The van der Waals surface area contributed by atoms with Gasteiger partial charge in [0.25, 0.3) is 5.91 Å². The molecule has 1 fully saturated rings. The van der Waals surface area contributed by atoms with E-state index < -0.39 is 0 Å². The zero-order valence-corrected chi connectivity index (χ0v) is 13.8. The van der Waals surface area contributed by atoms with E-state index in [-0.39, 0.29) is 17.4 Å². The lowest BCUT2D eigenvalue weighted by atomic mass is 9.92. The van der Waals surface area contributed by atoms with Gasteiger partial charge in [0.05, 0.1) is 13.2 Å². The number of nitrogens with zero attached hydrogens (tertiary/aromatic N) is 4. The molecule has 1 atom stereocenters. The maximum absolute atomic E-state index is 12.8. The van der Waals surface area contributed by atoms with E-state index in [1.165, 1.54) is 0 Å². The fraction of sp³-hybridized carbons (Fsp3) is 0.600. The van der Waals surface area contributed by atoms with Crippen LogP contribution in [0.4, 0.5) is 0 Å². The van der Waals surface area contributed by atoms with Crippen LogP contribution in [0.2, 0.25) is 0 Å². The Hall–Kier alpha value is -2.22. The zero-order valence-electron chi connectivity index (χ0n) is 13.8. The van der Waals surface area contributed by atoms with Crippen LogP contribution >= 0.6 is 0 Å². The lowest BCUT2D eigenvalue weighted by Crippen LogP contribution is -2.43. The molecule has 1 aliphatic heterocycles. The number of morpholine rings is 1. The molecule has 0 bridgehead atoms. The summed E-state index contributed by atoms with van der Waals surface area (Å²) in [5.41, 5.74) is 1.21. The number of H-pyrrole nitrogens is 1. The first-order valence-electron chi connectivity index (χ1n) is 7.61. The van der Waals surface area contributed by atoms with Crippen molar-refractivity contribution in [3.63, 3.8) is 0 Å². The average Bonchev–Trinajstić information content (AvgIpc) is 3.15. The molecule has 0 saturated carbocycles. The van der Waals surface area contributed by atoms with Gasteiger partial charge >= 0.3 is 0 Å². The lowest BCUT2D eigenvalue weighted by Gasteiger charge is -2.32. The van der Waals surface area contributed by atoms with Gasteiger partial charge in [-0.3, -0.25) is 9.89 Å². The minimum absolute atomic E-state index is 0.0977. The SMILES string of the molecule is Cc1nnc([C@H]2COCCN2C(=O)c2cc(C(C)(C)C)[nH]n2)o1. The van der Waals surface area contributed by atoms with Gasteiger partial charge in [-0.15, -0.1) is 10.2 Å². The summed E-state index contributed by atoms with van der Waals surface area (Å²) in [6.07, 6.45) is 0. The van der Waals surface area contributed by atoms with Gasteiger partial charge in [0, 0.05) is 24.6 Å². The van der Waals surface area contributed by atoms with E-state index in [9.17, 15) is 4.79 Å². The topological polar surface area (TPSA) is 97.1 Å². The molecule has 2 aromatic heterocycles. The van der Waals surface area contributed by atoms with Crippen LogP contribution in [0.15, 0.2) is 10.5 Å². The van der Waals surface area contributed by atoms with Crippen LogP contribution < -0.4 is 0 Å². The van der Waals surface area contributed by atoms with Crippen LogP contribution in [0, 0.1) is 6.92 Å². The fourth-order valence-corrected chi connectivity index (χ4v) is 2.46. The number of aryl methyl sites for hydroxylation is 1. The van der Waals surface area contributed by atoms with E-state index in [2.05, 4.69) is 41.2 Å². The Morgan fingerprint density at radius 1 is 1.39 bits per heavy atom. The second-order valence-corrected chi connectivity index (χ2v) is 6.67. The van der Waals surface area contributed by atoms with Crippen LogP contribution in [0.1, 0.15) is 54.8 Å². The Labute approximate surface area is 134 Å². The predicted molar refractivity (Wildman–Crippen MR) is 80.9 cm³/mol. The Morgan fingerprint density at radius 2 is 2.17 bits per heavy atom. The molecule has 1 aliphatic rings. The molecular weight excluding hydrogens is 298 g/mol. The fourth-order valence-electron chi connectivity index (χ4n) is 2.46. The first kappa shape index (κ1) is 15.7. The van der Waals surface area contributed by atoms with E-state index in [1.807, 2.05) is 0 Å². The summed E-state index contributed by atoms with van der Waals surface area (Å²) in [4.78, 5) is 14.5. The van der Waals surface area contributed by atoms with Gasteiger partial charge in [-0.2, -0.15) is 5.10 Å². The zero-order chi connectivity index (χ0) is 16.6. The van der Waals surface area contributed by atoms with Gasteiger partial charge in [-0.1, -0.05) is 20.8 Å². The highest BCUT2D eigenvalue weighted by Crippen LogP contribution is 2.26. The number of nitrogens with one attached hydrogen (secondary N) is 1. The number of hydrogen-bond donors (Lipinski definition) is 1. The third-order valence-electron chi connectivity index (χ3n) is 3.82. The van der Waals surface area contributed by atoms with E-state index in [4.69, 9.17) is 9.15 Å². The van der Waals surface area contributed by atoms with E-state index in [1.54, 1.807) is 17.9 Å². The molecule has 23 heavy (non-hydrogen) atoms. The number of rotatable bonds is 2. The maximum atomic E-state index is 12.8. The summed E-state index contributed by atoms with van der Waals surface area (Å²) in [6.45, 7) is 9.18. The van der Waals surface area contributed by atoms with Gasteiger partial charge < -0.3 is 14.1 Å². The Balaban J connectivity index is 1.85. The summed E-state index contributed by atoms with van der Waals surface area (Å²) in [5, 5.41) is 15.0. The number of ether oxygens (including phenoxy) is 1. The molecule has 124 valence electrons. The number of carbonyl (C=O) groups excluding carboxylic acids is 1. The average molecular weight is 319 g/mol. The minimum Gasteiger partial charge on any atom is -0.423 e. The number of aromatic nitrogens is 4. The molecule has 0 spiro atoms.